The van der Waals surface area contributed by atoms with E-state index in [1.807, 2.05) is 12.3 Å². The Balaban J connectivity index is 2.28. The molecule has 1 N–H and O–H groups in total. The van der Waals surface area contributed by atoms with Crippen LogP contribution in [-0.4, -0.2) is 23.3 Å². The number of pyridine rings is 1. The quantitative estimate of drug-likeness (QED) is 0.805. The van der Waals surface area contributed by atoms with Gasteiger partial charge in [0.1, 0.15) is 5.75 Å². The summed E-state index contributed by atoms with van der Waals surface area (Å²) in [7, 11) is 1.65. The summed E-state index contributed by atoms with van der Waals surface area (Å²) in [6.07, 6.45) is 6.14. The van der Waals surface area contributed by atoms with Crippen molar-refractivity contribution >= 4 is 0 Å². The van der Waals surface area contributed by atoms with Crippen molar-refractivity contribution in [2.24, 2.45) is 0 Å². The molecular weight excluding hydrogens is 190 g/mol. The molecule has 1 heterocycles. The fourth-order valence-electron chi connectivity index (χ4n) is 2.33. The third-order valence-electron chi connectivity index (χ3n) is 3.36. The van der Waals surface area contributed by atoms with Crippen molar-refractivity contribution < 1.29 is 9.84 Å². The Hall–Kier alpha value is -1.09. The summed E-state index contributed by atoms with van der Waals surface area (Å²) >= 11 is 0. The molecule has 82 valence electrons. The molecule has 0 bridgehead atoms. The van der Waals surface area contributed by atoms with E-state index < -0.39 is 0 Å². The van der Waals surface area contributed by atoms with Crippen LogP contribution in [0.15, 0.2) is 18.5 Å². The van der Waals surface area contributed by atoms with Crippen LogP contribution in [0.2, 0.25) is 0 Å². The van der Waals surface area contributed by atoms with Gasteiger partial charge < -0.3 is 9.84 Å². The normalized spacial score (nSPS) is 30.5. The molecule has 0 spiro atoms. The molecule has 0 aromatic carbocycles. The lowest BCUT2D eigenvalue weighted by Crippen LogP contribution is -2.19. The van der Waals surface area contributed by atoms with Crippen LogP contribution >= 0.6 is 0 Å². The fraction of sp³-hybridized carbons (Fsp3) is 0.583. The molecule has 3 nitrogen and oxygen atoms in total. The molecule has 1 aliphatic carbocycles. The molecule has 15 heavy (non-hydrogen) atoms. The molecule has 3 heteroatoms. The maximum absolute atomic E-state index is 9.60. The van der Waals surface area contributed by atoms with E-state index in [9.17, 15) is 5.11 Å². The molecule has 0 saturated heterocycles. The highest BCUT2D eigenvalue weighted by Crippen LogP contribution is 2.41. The van der Waals surface area contributed by atoms with Gasteiger partial charge in [-0.05, 0) is 36.3 Å². The highest BCUT2D eigenvalue weighted by Gasteiger charge is 2.36. The van der Waals surface area contributed by atoms with E-state index >= 15 is 0 Å². The van der Waals surface area contributed by atoms with Gasteiger partial charge in [-0.25, -0.2) is 0 Å². The Labute approximate surface area is 90.1 Å². The largest absolute Gasteiger partial charge is 0.495 e. The summed E-state index contributed by atoms with van der Waals surface area (Å²) in [4.78, 5) is 4.16. The van der Waals surface area contributed by atoms with Gasteiger partial charge in [-0.3, -0.25) is 4.98 Å². The van der Waals surface area contributed by atoms with E-state index in [1.54, 1.807) is 13.3 Å². The SMILES string of the molecule is COc1cncc(C2(C)CCC(O)C2)c1. The molecule has 2 atom stereocenters. The average molecular weight is 207 g/mol. The lowest BCUT2D eigenvalue weighted by atomic mass is 9.82. The van der Waals surface area contributed by atoms with Crippen molar-refractivity contribution in [2.75, 3.05) is 7.11 Å². The number of ether oxygens (including phenoxy) is 1. The monoisotopic (exact) mass is 207 g/mol. The van der Waals surface area contributed by atoms with E-state index in [-0.39, 0.29) is 11.5 Å². The van der Waals surface area contributed by atoms with Crippen molar-refractivity contribution in [3.05, 3.63) is 24.0 Å². The number of aliphatic hydroxyl groups is 1. The zero-order valence-corrected chi connectivity index (χ0v) is 9.23. The average Bonchev–Trinajstić information content (AvgIpc) is 2.60. The Morgan fingerprint density at radius 1 is 1.53 bits per heavy atom. The van der Waals surface area contributed by atoms with Crippen molar-refractivity contribution in [1.82, 2.24) is 4.98 Å². The molecule has 0 aliphatic heterocycles. The van der Waals surface area contributed by atoms with Gasteiger partial charge >= 0.3 is 0 Å². The van der Waals surface area contributed by atoms with Crippen molar-refractivity contribution in [2.45, 2.75) is 37.7 Å². The van der Waals surface area contributed by atoms with Crippen LogP contribution in [0.1, 0.15) is 31.7 Å². The predicted octanol–water partition coefficient (Wildman–Crippen LogP) is 1.89. The van der Waals surface area contributed by atoms with Crippen LogP contribution in [0.25, 0.3) is 0 Å². The highest BCUT2D eigenvalue weighted by atomic mass is 16.5. The summed E-state index contributed by atoms with van der Waals surface area (Å²) in [5.74, 6) is 0.787. The standard InChI is InChI=1S/C12H17NO2/c1-12(4-3-10(14)6-12)9-5-11(15-2)8-13-7-9/h5,7-8,10,14H,3-4,6H2,1-2H3. The number of aromatic nitrogens is 1. The predicted molar refractivity (Wildman–Crippen MR) is 58.0 cm³/mol. The third-order valence-corrected chi connectivity index (χ3v) is 3.36. The summed E-state index contributed by atoms with van der Waals surface area (Å²) in [5, 5.41) is 9.60. The Morgan fingerprint density at radius 2 is 2.33 bits per heavy atom. The second-order valence-corrected chi connectivity index (χ2v) is 4.57. The summed E-state index contributed by atoms with van der Waals surface area (Å²) in [5.41, 5.74) is 1.22. The van der Waals surface area contributed by atoms with Crippen LogP contribution in [0.4, 0.5) is 0 Å². The second kappa shape index (κ2) is 3.81. The third kappa shape index (κ3) is 1.97. The topological polar surface area (TPSA) is 42.4 Å². The number of aliphatic hydroxyl groups excluding tert-OH is 1. The van der Waals surface area contributed by atoms with Crippen LogP contribution < -0.4 is 4.74 Å². The molecule has 0 amide bonds. The molecule has 2 rings (SSSR count). The first-order valence-electron chi connectivity index (χ1n) is 5.32. The number of nitrogens with zero attached hydrogens (tertiary/aromatic N) is 1. The maximum atomic E-state index is 9.60. The number of rotatable bonds is 2. The van der Waals surface area contributed by atoms with E-state index in [2.05, 4.69) is 11.9 Å². The van der Waals surface area contributed by atoms with Crippen molar-refractivity contribution in [1.29, 1.82) is 0 Å². The van der Waals surface area contributed by atoms with Gasteiger partial charge in [0.05, 0.1) is 19.4 Å². The van der Waals surface area contributed by atoms with Crippen LogP contribution in [0.5, 0.6) is 5.75 Å². The Kier molecular flexibility index (Phi) is 2.65. The minimum absolute atomic E-state index is 0.0565. The number of hydrogen-bond acceptors (Lipinski definition) is 3. The maximum Gasteiger partial charge on any atom is 0.137 e. The van der Waals surface area contributed by atoms with Gasteiger partial charge in [0.15, 0.2) is 0 Å². The number of hydrogen-bond donors (Lipinski definition) is 1. The first kappa shape index (κ1) is 10.4. The van der Waals surface area contributed by atoms with Crippen LogP contribution in [0, 0.1) is 0 Å². The van der Waals surface area contributed by atoms with E-state index in [0.717, 1.165) is 25.0 Å². The molecule has 2 unspecified atom stereocenters. The van der Waals surface area contributed by atoms with Gasteiger partial charge in [0, 0.05) is 6.20 Å². The van der Waals surface area contributed by atoms with Gasteiger partial charge in [0.2, 0.25) is 0 Å². The minimum atomic E-state index is -0.166. The summed E-state index contributed by atoms with van der Waals surface area (Å²) < 4.78 is 5.16. The summed E-state index contributed by atoms with van der Waals surface area (Å²) in [6.45, 7) is 2.18. The first-order chi connectivity index (χ1) is 7.14. The zero-order valence-electron chi connectivity index (χ0n) is 9.23. The first-order valence-corrected chi connectivity index (χ1v) is 5.32. The highest BCUT2D eigenvalue weighted by molar-refractivity contribution is 5.30. The van der Waals surface area contributed by atoms with Gasteiger partial charge in [0.25, 0.3) is 0 Å². The van der Waals surface area contributed by atoms with Crippen molar-refractivity contribution in [3.8, 4) is 5.75 Å². The minimum Gasteiger partial charge on any atom is -0.495 e. The molecule has 1 aromatic heterocycles. The van der Waals surface area contributed by atoms with Crippen LogP contribution in [0.3, 0.4) is 0 Å². The molecule has 1 aromatic rings. The van der Waals surface area contributed by atoms with E-state index in [0.29, 0.717) is 0 Å². The van der Waals surface area contributed by atoms with Crippen LogP contribution in [-0.2, 0) is 5.41 Å². The molecule has 1 aliphatic rings. The Bertz CT molecular complexity index is 353. The zero-order chi connectivity index (χ0) is 10.9. The van der Waals surface area contributed by atoms with Crippen molar-refractivity contribution in [3.63, 3.8) is 0 Å². The van der Waals surface area contributed by atoms with E-state index in [1.165, 1.54) is 5.56 Å². The lowest BCUT2D eigenvalue weighted by Gasteiger charge is -2.24. The lowest BCUT2D eigenvalue weighted by molar-refractivity contribution is 0.175. The Morgan fingerprint density at radius 3 is 2.93 bits per heavy atom. The molecular formula is C12H17NO2. The van der Waals surface area contributed by atoms with Gasteiger partial charge in [-0.1, -0.05) is 6.92 Å². The molecule has 0 radical (unpaired) electrons. The summed E-state index contributed by atoms with van der Waals surface area (Å²) in [6, 6.07) is 2.02. The fourth-order valence-corrected chi connectivity index (χ4v) is 2.33. The van der Waals surface area contributed by atoms with E-state index in [4.69, 9.17) is 4.74 Å². The molecule has 1 fully saturated rings. The second-order valence-electron chi connectivity index (χ2n) is 4.57. The molecule has 1 saturated carbocycles. The van der Waals surface area contributed by atoms with Gasteiger partial charge in [-0.2, -0.15) is 0 Å². The van der Waals surface area contributed by atoms with Gasteiger partial charge in [-0.15, -0.1) is 0 Å². The smallest absolute Gasteiger partial charge is 0.137 e. The number of methoxy groups -OCH3 is 1.